The summed E-state index contributed by atoms with van der Waals surface area (Å²) in [5.74, 6) is 0. The molecule has 0 saturated carbocycles. The van der Waals surface area contributed by atoms with Crippen molar-refractivity contribution in [1.82, 2.24) is 4.57 Å². The maximum atomic E-state index is 9.84. The van der Waals surface area contributed by atoms with Gasteiger partial charge in [-0.25, -0.2) is 0 Å². The van der Waals surface area contributed by atoms with Crippen LogP contribution in [0.15, 0.2) is 24.4 Å². The molecule has 2 rings (SSSR count). The summed E-state index contributed by atoms with van der Waals surface area (Å²) in [4.78, 5) is 0. The molecule has 1 aromatic heterocycles. The Morgan fingerprint density at radius 1 is 1.35 bits per heavy atom. The van der Waals surface area contributed by atoms with Crippen LogP contribution in [-0.4, -0.2) is 9.67 Å². The summed E-state index contributed by atoms with van der Waals surface area (Å²) < 4.78 is 2.26. The Labute approximate surface area is 103 Å². The molecule has 92 valence electrons. The lowest BCUT2D eigenvalue weighted by Crippen LogP contribution is -1.95. The van der Waals surface area contributed by atoms with E-state index in [1.165, 1.54) is 29.3 Å². The number of benzene rings is 1. The highest BCUT2D eigenvalue weighted by molar-refractivity contribution is 5.85. The molecule has 0 bridgehead atoms. The summed E-state index contributed by atoms with van der Waals surface area (Å²) >= 11 is 0. The van der Waals surface area contributed by atoms with Crippen LogP contribution < -0.4 is 0 Å². The summed E-state index contributed by atoms with van der Waals surface area (Å²) in [5.41, 5.74) is 3.52. The zero-order valence-corrected chi connectivity index (χ0v) is 10.9. The van der Waals surface area contributed by atoms with Gasteiger partial charge in [-0.2, -0.15) is 0 Å². The third-order valence-electron chi connectivity index (χ3n) is 3.27. The van der Waals surface area contributed by atoms with E-state index < -0.39 is 6.10 Å². The zero-order chi connectivity index (χ0) is 12.4. The van der Waals surface area contributed by atoms with Gasteiger partial charge in [-0.3, -0.25) is 0 Å². The molecule has 1 heterocycles. The molecule has 1 atom stereocenters. The van der Waals surface area contributed by atoms with E-state index in [9.17, 15) is 5.11 Å². The number of hydrogen-bond donors (Lipinski definition) is 1. The first-order valence-corrected chi connectivity index (χ1v) is 6.41. The third-order valence-corrected chi connectivity index (χ3v) is 3.27. The van der Waals surface area contributed by atoms with Gasteiger partial charge in [0.1, 0.15) is 0 Å². The van der Waals surface area contributed by atoms with Crippen LogP contribution in [0.4, 0.5) is 0 Å². The number of hydrogen-bond acceptors (Lipinski definition) is 1. The van der Waals surface area contributed by atoms with Crippen molar-refractivity contribution in [2.24, 2.45) is 0 Å². The average Bonchev–Trinajstić information content (AvgIpc) is 2.64. The fraction of sp³-hybridized carbons (Fsp3) is 0.467. The molecule has 2 nitrogen and oxygen atoms in total. The molecule has 0 fully saturated rings. The Morgan fingerprint density at radius 3 is 2.76 bits per heavy atom. The number of unbranched alkanes of at least 4 members (excludes halogenated alkanes) is 1. The molecule has 2 aromatic rings. The Bertz CT molecular complexity index is 511. The monoisotopic (exact) mass is 231 g/mol. The standard InChI is InChI=1S/C15H21NO/c1-4-5-8-16-10-14(12(3)17)13-9-11(2)6-7-15(13)16/h6-7,9-10,12,17H,4-5,8H2,1-3H3. The van der Waals surface area contributed by atoms with E-state index in [0.29, 0.717) is 0 Å². The zero-order valence-electron chi connectivity index (χ0n) is 10.9. The molecule has 1 N–H and O–H groups in total. The van der Waals surface area contributed by atoms with E-state index in [1.807, 2.05) is 6.92 Å². The Kier molecular flexibility index (Phi) is 3.53. The summed E-state index contributed by atoms with van der Waals surface area (Å²) in [6.45, 7) is 7.16. The largest absolute Gasteiger partial charge is 0.389 e. The van der Waals surface area contributed by atoms with Crippen molar-refractivity contribution in [3.8, 4) is 0 Å². The number of aliphatic hydroxyl groups is 1. The maximum Gasteiger partial charge on any atom is 0.0782 e. The first kappa shape index (κ1) is 12.2. The van der Waals surface area contributed by atoms with Crippen LogP contribution in [0.1, 0.15) is 43.9 Å². The molecule has 0 amide bonds. The predicted octanol–water partition coefficient (Wildman–Crippen LogP) is 3.80. The van der Waals surface area contributed by atoms with Crippen LogP contribution >= 0.6 is 0 Å². The number of aryl methyl sites for hydroxylation is 2. The summed E-state index contributed by atoms with van der Waals surface area (Å²) in [7, 11) is 0. The molecular formula is C15H21NO. The fourth-order valence-corrected chi connectivity index (χ4v) is 2.28. The van der Waals surface area contributed by atoms with Crippen molar-refractivity contribution >= 4 is 10.9 Å². The van der Waals surface area contributed by atoms with Gasteiger partial charge in [0.25, 0.3) is 0 Å². The van der Waals surface area contributed by atoms with Gasteiger partial charge in [-0.05, 0) is 32.4 Å². The van der Waals surface area contributed by atoms with Crippen molar-refractivity contribution in [3.63, 3.8) is 0 Å². The van der Waals surface area contributed by atoms with Gasteiger partial charge < -0.3 is 9.67 Å². The molecule has 17 heavy (non-hydrogen) atoms. The highest BCUT2D eigenvalue weighted by atomic mass is 16.3. The lowest BCUT2D eigenvalue weighted by Gasteiger charge is -2.03. The number of fused-ring (bicyclic) bond motifs is 1. The minimum atomic E-state index is -0.401. The van der Waals surface area contributed by atoms with Crippen LogP contribution in [-0.2, 0) is 6.54 Å². The highest BCUT2D eigenvalue weighted by Gasteiger charge is 2.11. The van der Waals surface area contributed by atoms with Crippen molar-refractivity contribution in [3.05, 3.63) is 35.5 Å². The first-order chi connectivity index (χ1) is 8.13. The van der Waals surface area contributed by atoms with E-state index in [2.05, 4.69) is 42.8 Å². The SMILES string of the molecule is CCCCn1cc(C(C)O)c2cc(C)ccc21. The normalized spacial score (nSPS) is 13.2. The lowest BCUT2D eigenvalue weighted by atomic mass is 10.1. The van der Waals surface area contributed by atoms with E-state index in [1.54, 1.807) is 0 Å². The second-order valence-electron chi connectivity index (χ2n) is 4.83. The van der Waals surface area contributed by atoms with Crippen LogP contribution in [0.3, 0.4) is 0 Å². The molecule has 1 aromatic carbocycles. The minimum Gasteiger partial charge on any atom is -0.389 e. The van der Waals surface area contributed by atoms with Crippen molar-refractivity contribution in [2.75, 3.05) is 0 Å². The molecule has 0 saturated heterocycles. The average molecular weight is 231 g/mol. The minimum absolute atomic E-state index is 0.401. The van der Waals surface area contributed by atoms with E-state index in [0.717, 1.165) is 12.1 Å². The van der Waals surface area contributed by atoms with Gasteiger partial charge in [0.05, 0.1) is 6.10 Å². The quantitative estimate of drug-likeness (QED) is 0.850. The Balaban J connectivity index is 2.54. The predicted molar refractivity (Wildman–Crippen MR) is 72.2 cm³/mol. The molecule has 0 spiro atoms. The van der Waals surface area contributed by atoms with Crippen LogP contribution in [0.5, 0.6) is 0 Å². The second kappa shape index (κ2) is 4.92. The summed E-state index contributed by atoms with van der Waals surface area (Å²) in [6, 6.07) is 6.46. The lowest BCUT2D eigenvalue weighted by molar-refractivity contribution is 0.200. The topological polar surface area (TPSA) is 25.2 Å². The van der Waals surface area contributed by atoms with Crippen LogP contribution in [0, 0.1) is 6.92 Å². The van der Waals surface area contributed by atoms with Gasteiger partial charge in [-0.1, -0.05) is 25.0 Å². The number of rotatable bonds is 4. The first-order valence-electron chi connectivity index (χ1n) is 6.41. The van der Waals surface area contributed by atoms with Gasteiger partial charge in [0.15, 0.2) is 0 Å². The van der Waals surface area contributed by atoms with Gasteiger partial charge >= 0.3 is 0 Å². The smallest absolute Gasteiger partial charge is 0.0782 e. The molecule has 0 radical (unpaired) electrons. The van der Waals surface area contributed by atoms with Crippen molar-refractivity contribution in [2.45, 2.75) is 46.3 Å². The summed E-state index contributed by atoms with van der Waals surface area (Å²) in [5, 5.41) is 11.0. The summed E-state index contributed by atoms with van der Waals surface area (Å²) in [6.07, 6.45) is 4.07. The van der Waals surface area contributed by atoms with Gasteiger partial charge in [0, 0.05) is 29.2 Å². The number of aromatic nitrogens is 1. The molecular weight excluding hydrogens is 210 g/mol. The molecule has 0 aliphatic carbocycles. The Hall–Kier alpha value is -1.28. The fourth-order valence-electron chi connectivity index (χ4n) is 2.28. The number of nitrogens with zero attached hydrogens (tertiary/aromatic N) is 1. The third kappa shape index (κ3) is 2.37. The van der Waals surface area contributed by atoms with Crippen LogP contribution in [0.2, 0.25) is 0 Å². The molecule has 1 unspecified atom stereocenters. The van der Waals surface area contributed by atoms with E-state index >= 15 is 0 Å². The molecule has 0 aliphatic rings. The van der Waals surface area contributed by atoms with Gasteiger partial charge in [0.2, 0.25) is 0 Å². The van der Waals surface area contributed by atoms with Gasteiger partial charge in [-0.15, -0.1) is 0 Å². The second-order valence-corrected chi connectivity index (χ2v) is 4.83. The number of aliphatic hydroxyl groups excluding tert-OH is 1. The van der Waals surface area contributed by atoms with Crippen LogP contribution in [0.25, 0.3) is 10.9 Å². The van der Waals surface area contributed by atoms with E-state index in [4.69, 9.17) is 0 Å². The van der Waals surface area contributed by atoms with E-state index in [-0.39, 0.29) is 0 Å². The highest BCUT2D eigenvalue weighted by Crippen LogP contribution is 2.27. The molecule has 0 aliphatic heterocycles. The van der Waals surface area contributed by atoms with Crippen molar-refractivity contribution in [1.29, 1.82) is 0 Å². The van der Waals surface area contributed by atoms with Crippen molar-refractivity contribution < 1.29 is 5.11 Å². The Morgan fingerprint density at radius 2 is 2.12 bits per heavy atom. The molecule has 2 heteroatoms. The maximum absolute atomic E-state index is 9.84.